The van der Waals surface area contributed by atoms with Crippen LogP contribution in [0.15, 0.2) is 30.3 Å². The summed E-state index contributed by atoms with van der Waals surface area (Å²) in [6, 6.07) is 9.89. The highest BCUT2D eigenvalue weighted by Crippen LogP contribution is 2.27. The highest BCUT2D eigenvalue weighted by atomic mass is 35.5. The van der Waals surface area contributed by atoms with Crippen LogP contribution >= 0.6 is 11.6 Å². The standard InChI is InChI=1S/C16H19ClN2O/c17-16-14-9-4-5-10-15(14)18-19(16)11-6-12-20-13-7-2-1-3-8-13/h1-3,7-8H,4-6,9-12H2. The third-order valence-corrected chi connectivity index (χ3v) is 4.11. The second-order valence-electron chi connectivity index (χ2n) is 5.16. The molecule has 0 saturated carbocycles. The van der Waals surface area contributed by atoms with E-state index in [4.69, 9.17) is 16.3 Å². The molecule has 0 radical (unpaired) electrons. The van der Waals surface area contributed by atoms with Crippen LogP contribution in [0, 0.1) is 0 Å². The second-order valence-corrected chi connectivity index (χ2v) is 5.52. The minimum Gasteiger partial charge on any atom is -0.494 e. The lowest BCUT2D eigenvalue weighted by Gasteiger charge is -2.08. The minimum atomic E-state index is 0.685. The molecule has 1 heterocycles. The van der Waals surface area contributed by atoms with Crippen LogP contribution in [0.4, 0.5) is 0 Å². The predicted molar refractivity (Wildman–Crippen MR) is 80.4 cm³/mol. The van der Waals surface area contributed by atoms with Gasteiger partial charge in [0, 0.05) is 18.5 Å². The molecule has 3 nitrogen and oxygen atoms in total. The van der Waals surface area contributed by atoms with Gasteiger partial charge in [0.05, 0.1) is 12.3 Å². The Morgan fingerprint density at radius 3 is 2.75 bits per heavy atom. The van der Waals surface area contributed by atoms with E-state index in [1.807, 2.05) is 35.0 Å². The normalized spacial score (nSPS) is 14.1. The molecule has 0 N–H and O–H groups in total. The Morgan fingerprint density at radius 1 is 1.15 bits per heavy atom. The lowest BCUT2D eigenvalue weighted by Crippen LogP contribution is -2.06. The summed E-state index contributed by atoms with van der Waals surface area (Å²) in [4.78, 5) is 0. The fourth-order valence-corrected chi connectivity index (χ4v) is 2.96. The first-order valence-electron chi connectivity index (χ1n) is 7.26. The first-order chi connectivity index (χ1) is 9.84. The zero-order chi connectivity index (χ0) is 13.8. The Hall–Kier alpha value is -1.48. The number of aryl methyl sites for hydroxylation is 2. The van der Waals surface area contributed by atoms with Crippen LogP contribution in [-0.4, -0.2) is 16.4 Å². The van der Waals surface area contributed by atoms with Gasteiger partial charge in [-0.05, 0) is 37.8 Å². The van der Waals surface area contributed by atoms with Crippen molar-refractivity contribution in [3.05, 3.63) is 46.7 Å². The fourth-order valence-electron chi connectivity index (χ4n) is 2.64. The van der Waals surface area contributed by atoms with Crippen LogP contribution in [0.5, 0.6) is 5.75 Å². The molecule has 0 aliphatic heterocycles. The zero-order valence-corrected chi connectivity index (χ0v) is 12.3. The number of benzene rings is 1. The maximum Gasteiger partial charge on any atom is 0.130 e. The number of hydrogen-bond acceptors (Lipinski definition) is 2. The van der Waals surface area contributed by atoms with Crippen LogP contribution in [0.3, 0.4) is 0 Å². The number of para-hydroxylation sites is 1. The lowest BCUT2D eigenvalue weighted by molar-refractivity contribution is 0.298. The zero-order valence-electron chi connectivity index (χ0n) is 11.5. The summed E-state index contributed by atoms with van der Waals surface area (Å²) < 4.78 is 7.62. The van der Waals surface area contributed by atoms with Gasteiger partial charge in [-0.3, -0.25) is 4.68 Å². The molecule has 0 atom stereocenters. The molecule has 1 aliphatic rings. The first kappa shape index (κ1) is 13.5. The maximum atomic E-state index is 6.40. The average molecular weight is 291 g/mol. The molecule has 20 heavy (non-hydrogen) atoms. The lowest BCUT2D eigenvalue weighted by atomic mass is 9.99. The second kappa shape index (κ2) is 6.31. The van der Waals surface area contributed by atoms with E-state index >= 15 is 0 Å². The molecular weight excluding hydrogens is 272 g/mol. The molecular formula is C16H19ClN2O. The number of nitrogens with zero attached hydrogens (tertiary/aromatic N) is 2. The van der Waals surface area contributed by atoms with Gasteiger partial charge in [-0.15, -0.1) is 0 Å². The molecule has 1 aromatic carbocycles. The van der Waals surface area contributed by atoms with Crippen molar-refractivity contribution in [2.45, 2.75) is 38.6 Å². The maximum absolute atomic E-state index is 6.40. The Kier molecular flexibility index (Phi) is 4.26. The Bertz CT molecular complexity index is 565. The van der Waals surface area contributed by atoms with E-state index in [2.05, 4.69) is 5.10 Å². The molecule has 4 heteroatoms. The van der Waals surface area contributed by atoms with Crippen molar-refractivity contribution >= 4 is 11.6 Å². The first-order valence-corrected chi connectivity index (χ1v) is 7.64. The third kappa shape index (κ3) is 2.98. The Morgan fingerprint density at radius 2 is 1.95 bits per heavy atom. The summed E-state index contributed by atoms with van der Waals surface area (Å²) in [5.74, 6) is 0.915. The van der Waals surface area contributed by atoms with E-state index < -0.39 is 0 Å². The topological polar surface area (TPSA) is 27.1 Å². The number of halogens is 1. The van der Waals surface area contributed by atoms with Crippen LogP contribution in [0.1, 0.15) is 30.5 Å². The molecule has 0 fully saturated rings. The third-order valence-electron chi connectivity index (χ3n) is 3.68. The average Bonchev–Trinajstić information content (AvgIpc) is 2.82. The van der Waals surface area contributed by atoms with E-state index in [9.17, 15) is 0 Å². The Labute approximate surface area is 124 Å². The molecule has 2 aromatic rings. The SMILES string of the molecule is Clc1c2c(nn1CCCOc1ccccc1)CCCC2. The van der Waals surface area contributed by atoms with Gasteiger partial charge in [-0.1, -0.05) is 29.8 Å². The number of fused-ring (bicyclic) bond motifs is 1. The molecule has 1 aromatic heterocycles. The summed E-state index contributed by atoms with van der Waals surface area (Å²) >= 11 is 6.40. The van der Waals surface area contributed by atoms with Crippen LogP contribution < -0.4 is 4.74 Å². The van der Waals surface area contributed by atoms with Gasteiger partial charge in [-0.25, -0.2) is 0 Å². The van der Waals surface area contributed by atoms with Crippen molar-refractivity contribution in [2.75, 3.05) is 6.61 Å². The van der Waals surface area contributed by atoms with E-state index in [0.717, 1.165) is 36.7 Å². The molecule has 0 saturated heterocycles. The van der Waals surface area contributed by atoms with Gasteiger partial charge in [0.1, 0.15) is 10.9 Å². The van der Waals surface area contributed by atoms with Crippen molar-refractivity contribution < 1.29 is 4.74 Å². The van der Waals surface area contributed by atoms with Crippen molar-refractivity contribution in [1.82, 2.24) is 9.78 Å². The van der Waals surface area contributed by atoms with Gasteiger partial charge < -0.3 is 4.74 Å². The molecule has 3 rings (SSSR count). The van der Waals surface area contributed by atoms with Crippen LogP contribution in [0.25, 0.3) is 0 Å². The van der Waals surface area contributed by atoms with E-state index in [1.54, 1.807) is 0 Å². The van der Waals surface area contributed by atoms with Crippen molar-refractivity contribution in [3.8, 4) is 5.75 Å². The predicted octanol–water partition coefficient (Wildman–Crippen LogP) is 3.88. The van der Waals surface area contributed by atoms with Crippen LogP contribution in [0.2, 0.25) is 5.15 Å². The van der Waals surface area contributed by atoms with Gasteiger partial charge in [0.2, 0.25) is 0 Å². The molecule has 0 amide bonds. The Balaban J connectivity index is 1.53. The van der Waals surface area contributed by atoms with Gasteiger partial charge in [0.25, 0.3) is 0 Å². The van der Waals surface area contributed by atoms with Crippen LogP contribution in [-0.2, 0) is 19.4 Å². The highest BCUT2D eigenvalue weighted by Gasteiger charge is 2.18. The fraction of sp³-hybridized carbons (Fsp3) is 0.438. The highest BCUT2D eigenvalue weighted by molar-refractivity contribution is 6.30. The molecule has 1 aliphatic carbocycles. The quantitative estimate of drug-likeness (QED) is 0.781. The minimum absolute atomic E-state index is 0.685. The molecule has 0 unspecified atom stereocenters. The van der Waals surface area contributed by atoms with E-state index in [-0.39, 0.29) is 0 Å². The summed E-state index contributed by atoms with van der Waals surface area (Å²) in [7, 11) is 0. The smallest absolute Gasteiger partial charge is 0.130 e. The molecule has 0 bridgehead atoms. The summed E-state index contributed by atoms with van der Waals surface area (Å²) in [5.41, 5.74) is 2.46. The monoisotopic (exact) mass is 290 g/mol. The van der Waals surface area contributed by atoms with Crippen molar-refractivity contribution in [3.63, 3.8) is 0 Å². The van der Waals surface area contributed by atoms with E-state index in [0.29, 0.717) is 6.61 Å². The number of rotatable bonds is 5. The number of ether oxygens (including phenoxy) is 1. The van der Waals surface area contributed by atoms with E-state index in [1.165, 1.54) is 24.1 Å². The summed E-state index contributed by atoms with van der Waals surface area (Å²) in [5, 5.41) is 5.46. The van der Waals surface area contributed by atoms with Crippen molar-refractivity contribution in [1.29, 1.82) is 0 Å². The largest absolute Gasteiger partial charge is 0.494 e. The number of hydrogen-bond donors (Lipinski definition) is 0. The van der Waals surface area contributed by atoms with Gasteiger partial charge in [0.15, 0.2) is 0 Å². The molecule has 106 valence electrons. The van der Waals surface area contributed by atoms with Crippen molar-refractivity contribution in [2.24, 2.45) is 0 Å². The summed E-state index contributed by atoms with van der Waals surface area (Å²) in [6.45, 7) is 1.50. The van der Waals surface area contributed by atoms with Gasteiger partial charge >= 0.3 is 0 Å². The van der Waals surface area contributed by atoms with Gasteiger partial charge in [-0.2, -0.15) is 5.10 Å². The molecule has 0 spiro atoms. The summed E-state index contributed by atoms with van der Waals surface area (Å²) in [6.07, 6.45) is 5.53. The number of aromatic nitrogens is 2.